The van der Waals surface area contributed by atoms with E-state index in [1.54, 1.807) is 96.1 Å². The summed E-state index contributed by atoms with van der Waals surface area (Å²) in [6.45, 7) is 7.05. The minimum absolute atomic E-state index is 0.00754. The molecule has 59 heavy (non-hydrogen) atoms. The molecule has 0 aliphatic carbocycles. The van der Waals surface area contributed by atoms with Gasteiger partial charge in [0.2, 0.25) is 0 Å². The van der Waals surface area contributed by atoms with Gasteiger partial charge in [0, 0.05) is 19.6 Å². The number of hydrogen-bond acceptors (Lipinski definition) is 11. The van der Waals surface area contributed by atoms with E-state index in [1.165, 1.54) is 4.90 Å². The summed E-state index contributed by atoms with van der Waals surface area (Å²) in [6.07, 6.45) is -2.58. The van der Waals surface area contributed by atoms with E-state index in [9.17, 15) is 36.4 Å². The smallest absolute Gasteiger partial charge is 0.411 e. The summed E-state index contributed by atoms with van der Waals surface area (Å²) in [7, 11) is -4.14. The number of hydrogen-bond donors (Lipinski definition) is 0. The largest absolute Gasteiger partial charge is 0.461 e. The zero-order valence-corrected chi connectivity index (χ0v) is 35.1. The van der Waals surface area contributed by atoms with Crippen molar-refractivity contribution in [3.63, 3.8) is 0 Å². The molecule has 14 nitrogen and oxygen atoms in total. The number of rotatable bonds is 10. The number of carbonyl (C=O) groups is 4. The Morgan fingerprint density at radius 2 is 1.17 bits per heavy atom. The van der Waals surface area contributed by atoms with Crippen molar-refractivity contribution in [1.29, 1.82) is 0 Å². The highest BCUT2D eigenvalue weighted by molar-refractivity contribution is 7.85. The van der Waals surface area contributed by atoms with Crippen molar-refractivity contribution in [3.8, 4) is 0 Å². The molecule has 0 bridgehead atoms. The topological polar surface area (TPSA) is 158 Å². The minimum Gasteiger partial charge on any atom is -0.461 e. The third-order valence-corrected chi connectivity index (χ3v) is 10.4. The van der Waals surface area contributed by atoms with Crippen molar-refractivity contribution in [3.05, 3.63) is 71.8 Å². The van der Waals surface area contributed by atoms with Gasteiger partial charge in [-0.05, 0) is 65.5 Å². The van der Waals surface area contributed by atoms with Crippen LogP contribution in [0.5, 0.6) is 0 Å². The first-order chi connectivity index (χ1) is 27.2. The summed E-state index contributed by atoms with van der Waals surface area (Å²) in [6, 6.07) is 17.7. The molecule has 0 radical (unpaired) electrons. The maximum Gasteiger partial charge on any atom is 0.411 e. The van der Waals surface area contributed by atoms with E-state index in [0.29, 0.717) is 11.8 Å². The maximum atomic E-state index is 15.2. The quantitative estimate of drug-likeness (QED) is 0.105. The molecule has 0 aromatic heterocycles. The third kappa shape index (κ3) is 12.4. The number of ether oxygens (including phenoxy) is 4. The summed E-state index contributed by atoms with van der Waals surface area (Å²) >= 11 is 0. The van der Waals surface area contributed by atoms with Gasteiger partial charge in [-0.15, -0.1) is 0 Å². The molecule has 2 atom stereocenters. The molecule has 3 saturated heterocycles. The predicted molar refractivity (Wildman–Crippen MR) is 205 cm³/mol. The average molecular weight is 860 g/mol. The number of amides is 3. The van der Waals surface area contributed by atoms with E-state index in [0.717, 1.165) is 15.4 Å². The van der Waals surface area contributed by atoms with Crippen LogP contribution in [0, 0.1) is 5.41 Å². The molecule has 2 aromatic rings. The lowest BCUT2D eigenvalue weighted by Gasteiger charge is -2.54. The summed E-state index contributed by atoms with van der Waals surface area (Å²) in [5, 5.41) is 0. The van der Waals surface area contributed by atoms with Gasteiger partial charge in [0.05, 0.1) is 31.2 Å². The van der Waals surface area contributed by atoms with Crippen molar-refractivity contribution in [2.24, 2.45) is 5.41 Å². The van der Waals surface area contributed by atoms with Crippen LogP contribution in [-0.4, -0.2) is 122 Å². The first kappa shape index (κ1) is 47.0. The van der Waals surface area contributed by atoms with Crippen LogP contribution in [0.1, 0.15) is 71.9 Å². The molecule has 3 aliphatic rings. The fraction of sp³-hybridized carbons (Fsp3) is 0.600. The van der Waals surface area contributed by atoms with E-state index in [4.69, 9.17) is 18.9 Å². The number of nitrogens with zero attached hydrogens (tertiary/aromatic N) is 3. The van der Waals surface area contributed by atoms with E-state index in [2.05, 4.69) is 4.18 Å². The molecular formula is C40H53F4N3O11S. The molecule has 19 heteroatoms. The van der Waals surface area contributed by atoms with E-state index in [-0.39, 0.29) is 45.7 Å². The number of benzene rings is 2. The van der Waals surface area contributed by atoms with Gasteiger partial charge >= 0.3 is 24.2 Å². The first-order valence-corrected chi connectivity index (χ1v) is 20.7. The second-order valence-corrected chi connectivity index (χ2v) is 18.6. The Balaban J connectivity index is 0.000000264. The van der Waals surface area contributed by atoms with Crippen LogP contribution in [-0.2, 0) is 51.3 Å². The number of likely N-dealkylation sites (tertiary alicyclic amines) is 3. The van der Waals surface area contributed by atoms with Crippen molar-refractivity contribution in [1.82, 2.24) is 14.7 Å². The second kappa shape index (κ2) is 17.9. The highest BCUT2D eigenvalue weighted by atomic mass is 32.2. The Labute approximate surface area is 342 Å². The number of halogens is 4. The Morgan fingerprint density at radius 3 is 1.64 bits per heavy atom. The SMILES string of the molecule is CC(C)(C)OC(=O)N1CCC(CC(=O)OCc2ccccc2)(C(F)(F)COS(C)(=O)=O)C1.CC(C)(C)OC(=O)N1CCC2(C1)N(C(=O)OCc1ccccc1)CC2(F)F. The normalized spacial score (nSPS) is 21.6. The lowest BCUT2D eigenvalue weighted by atomic mass is 9.77. The molecule has 5 rings (SSSR count). The summed E-state index contributed by atoms with van der Waals surface area (Å²) in [5.74, 6) is -7.70. The van der Waals surface area contributed by atoms with Crippen molar-refractivity contribution in [2.75, 3.05) is 45.6 Å². The fourth-order valence-corrected chi connectivity index (χ4v) is 7.12. The lowest BCUT2D eigenvalue weighted by Crippen LogP contribution is -2.77. The predicted octanol–water partition coefficient (Wildman–Crippen LogP) is 7.01. The molecule has 3 amide bonds. The zero-order valence-electron chi connectivity index (χ0n) is 34.3. The summed E-state index contributed by atoms with van der Waals surface area (Å²) in [5.41, 5.74) is -3.89. The summed E-state index contributed by atoms with van der Waals surface area (Å²) < 4.78 is 107. The van der Waals surface area contributed by atoms with Gasteiger partial charge in [0.25, 0.3) is 22.0 Å². The van der Waals surface area contributed by atoms with Crippen molar-refractivity contribution in [2.45, 2.75) is 103 Å². The van der Waals surface area contributed by atoms with Crippen LogP contribution in [0.15, 0.2) is 60.7 Å². The van der Waals surface area contributed by atoms with E-state index >= 15 is 8.78 Å². The fourth-order valence-electron chi connectivity index (χ4n) is 6.76. The van der Waals surface area contributed by atoms with Gasteiger partial charge in [0.1, 0.15) is 36.6 Å². The van der Waals surface area contributed by atoms with Gasteiger partial charge in [0.15, 0.2) is 0 Å². The minimum atomic E-state index is -4.14. The third-order valence-electron chi connectivity index (χ3n) is 9.84. The van der Waals surface area contributed by atoms with Gasteiger partial charge in [-0.3, -0.25) is 13.9 Å². The second-order valence-electron chi connectivity index (χ2n) is 16.9. The van der Waals surface area contributed by atoms with Crippen LogP contribution in [0.3, 0.4) is 0 Å². The van der Waals surface area contributed by atoms with Crippen LogP contribution >= 0.6 is 0 Å². The average Bonchev–Trinajstić information content (AvgIpc) is 3.80. The Kier molecular flexibility index (Phi) is 14.3. The maximum absolute atomic E-state index is 15.2. The Morgan fingerprint density at radius 1 is 0.695 bits per heavy atom. The molecule has 3 heterocycles. The van der Waals surface area contributed by atoms with Gasteiger partial charge < -0.3 is 28.7 Å². The number of esters is 1. The van der Waals surface area contributed by atoms with Gasteiger partial charge in [-0.25, -0.2) is 31.9 Å². The Bertz CT molecular complexity index is 1910. The van der Waals surface area contributed by atoms with E-state index in [1.807, 2.05) is 6.07 Å². The first-order valence-electron chi connectivity index (χ1n) is 18.9. The monoisotopic (exact) mass is 859 g/mol. The highest BCUT2D eigenvalue weighted by Crippen LogP contribution is 2.51. The highest BCUT2D eigenvalue weighted by Gasteiger charge is 2.72. The molecule has 0 saturated carbocycles. The molecule has 3 aliphatic heterocycles. The molecular weight excluding hydrogens is 807 g/mol. The summed E-state index contributed by atoms with van der Waals surface area (Å²) in [4.78, 5) is 52.8. The Hall–Kier alpha value is -4.65. The molecule has 328 valence electrons. The van der Waals surface area contributed by atoms with Crippen LogP contribution in [0.4, 0.5) is 31.9 Å². The molecule has 1 spiro atoms. The standard InChI is InChI=1S/C21H29F2NO7S.C19H24F2N2O4/c1-19(2,3)31-18(26)24-11-10-20(14-24,21(22,23)15-30-32(4,27)28)12-17(25)29-13-16-8-6-5-7-9-16;1-17(2,3)27-15(24)22-10-9-18(12-22)19(20,21)13-23(18)16(25)26-11-14-7-5-4-6-8-14/h5-9H,10-15H2,1-4H3;4-8H,9-13H2,1-3H3. The van der Waals surface area contributed by atoms with Crippen LogP contribution in [0.25, 0.3) is 0 Å². The van der Waals surface area contributed by atoms with Crippen LogP contribution < -0.4 is 0 Å². The molecule has 3 fully saturated rings. The number of alkyl halides is 4. The van der Waals surface area contributed by atoms with E-state index < -0.39 is 94.5 Å². The number of carbonyl (C=O) groups excluding carboxylic acids is 4. The zero-order chi connectivity index (χ0) is 44.1. The lowest BCUT2D eigenvalue weighted by molar-refractivity contribution is -0.224. The van der Waals surface area contributed by atoms with Crippen molar-refractivity contribution >= 4 is 34.4 Å². The van der Waals surface area contributed by atoms with Crippen LogP contribution in [0.2, 0.25) is 0 Å². The van der Waals surface area contributed by atoms with Gasteiger partial charge in [-0.1, -0.05) is 60.7 Å². The molecule has 2 unspecified atom stereocenters. The van der Waals surface area contributed by atoms with Gasteiger partial charge in [-0.2, -0.15) is 8.42 Å². The molecule has 0 N–H and O–H groups in total. The van der Waals surface area contributed by atoms with Crippen molar-refractivity contribution < 1.29 is 68.3 Å². The molecule has 2 aromatic carbocycles.